The van der Waals surface area contributed by atoms with Crippen LogP contribution in [0.15, 0.2) is 0 Å². The van der Waals surface area contributed by atoms with Crippen molar-refractivity contribution < 1.29 is 9.90 Å². The van der Waals surface area contributed by atoms with E-state index in [4.69, 9.17) is 0 Å². The summed E-state index contributed by atoms with van der Waals surface area (Å²) in [7, 11) is 0. The van der Waals surface area contributed by atoms with E-state index in [0.29, 0.717) is 17.9 Å². The predicted molar refractivity (Wildman–Crippen MR) is 60.8 cm³/mol. The van der Waals surface area contributed by atoms with Gasteiger partial charge in [0.15, 0.2) is 0 Å². The standard InChI is InChI=1S/C13H21NO2/c15-9-12(3-1-4-12)8-14-11(16)10-7-13(10)5-2-6-13/h10,15H,1-9H2,(H,14,16)/t10-/m0/s1. The molecule has 0 aliphatic heterocycles. The highest BCUT2D eigenvalue weighted by Crippen LogP contribution is 2.65. The van der Waals surface area contributed by atoms with Gasteiger partial charge in [0, 0.05) is 17.9 Å². The van der Waals surface area contributed by atoms with Crippen molar-refractivity contribution in [1.29, 1.82) is 0 Å². The van der Waals surface area contributed by atoms with E-state index in [1.807, 2.05) is 0 Å². The molecule has 0 saturated heterocycles. The topological polar surface area (TPSA) is 49.3 Å². The Morgan fingerprint density at radius 2 is 1.94 bits per heavy atom. The van der Waals surface area contributed by atoms with Crippen LogP contribution in [0.3, 0.4) is 0 Å². The Balaban J connectivity index is 1.47. The Morgan fingerprint density at radius 3 is 2.31 bits per heavy atom. The van der Waals surface area contributed by atoms with Crippen LogP contribution in [0.2, 0.25) is 0 Å². The average Bonchev–Trinajstić information content (AvgIpc) is 2.91. The smallest absolute Gasteiger partial charge is 0.223 e. The van der Waals surface area contributed by atoms with E-state index >= 15 is 0 Å². The molecule has 3 fully saturated rings. The first kappa shape index (κ1) is 10.6. The summed E-state index contributed by atoms with van der Waals surface area (Å²) < 4.78 is 0. The molecule has 2 N–H and O–H groups in total. The SMILES string of the molecule is O=C(NCC1(CO)CCC1)[C@@H]1CC12CCC2. The molecular formula is C13H21NO2. The van der Waals surface area contributed by atoms with Crippen LogP contribution in [0.25, 0.3) is 0 Å². The summed E-state index contributed by atoms with van der Waals surface area (Å²) in [5.41, 5.74) is 0.452. The second-order valence-electron chi connectivity index (χ2n) is 6.20. The van der Waals surface area contributed by atoms with Crippen molar-refractivity contribution >= 4 is 5.91 Å². The minimum atomic E-state index is 0.0251. The van der Waals surface area contributed by atoms with Crippen molar-refractivity contribution in [2.45, 2.75) is 44.9 Å². The number of rotatable bonds is 4. The van der Waals surface area contributed by atoms with E-state index < -0.39 is 0 Å². The van der Waals surface area contributed by atoms with Crippen LogP contribution >= 0.6 is 0 Å². The lowest BCUT2D eigenvalue weighted by Crippen LogP contribution is -2.45. The van der Waals surface area contributed by atoms with Gasteiger partial charge in [-0.25, -0.2) is 0 Å². The summed E-state index contributed by atoms with van der Waals surface area (Å²) in [6.07, 6.45) is 8.28. The number of hydrogen-bond acceptors (Lipinski definition) is 2. The van der Waals surface area contributed by atoms with Crippen molar-refractivity contribution in [3.05, 3.63) is 0 Å². The molecule has 16 heavy (non-hydrogen) atoms. The minimum absolute atomic E-state index is 0.0251. The third-order valence-corrected chi connectivity index (χ3v) is 5.24. The summed E-state index contributed by atoms with van der Waals surface area (Å²) in [6.45, 7) is 0.915. The quantitative estimate of drug-likeness (QED) is 0.758. The van der Waals surface area contributed by atoms with Crippen molar-refractivity contribution in [3.63, 3.8) is 0 Å². The fourth-order valence-electron chi connectivity index (χ4n) is 3.37. The molecule has 0 heterocycles. The van der Waals surface area contributed by atoms with Gasteiger partial charge in [-0.1, -0.05) is 12.8 Å². The Hall–Kier alpha value is -0.570. The van der Waals surface area contributed by atoms with Crippen LogP contribution in [0.4, 0.5) is 0 Å². The van der Waals surface area contributed by atoms with E-state index in [1.54, 1.807) is 0 Å². The molecule has 3 saturated carbocycles. The van der Waals surface area contributed by atoms with E-state index in [9.17, 15) is 9.90 Å². The molecule has 0 aromatic rings. The van der Waals surface area contributed by atoms with Crippen LogP contribution in [-0.2, 0) is 4.79 Å². The number of amides is 1. The number of hydrogen-bond donors (Lipinski definition) is 2. The number of aliphatic hydroxyl groups excluding tert-OH is 1. The van der Waals surface area contributed by atoms with Gasteiger partial charge in [-0.3, -0.25) is 4.79 Å². The van der Waals surface area contributed by atoms with Crippen LogP contribution in [0.1, 0.15) is 44.9 Å². The molecule has 3 nitrogen and oxygen atoms in total. The summed E-state index contributed by atoms with van der Waals surface area (Å²) in [6, 6.07) is 0. The van der Waals surface area contributed by atoms with E-state index in [0.717, 1.165) is 19.3 Å². The van der Waals surface area contributed by atoms with Crippen molar-refractivity contribution in [3.8, 4) is 0 Å². The molecule has 0 unspecified atom stereocenters. The second-order valence-corrected chi connectivity index (χ2v) is 6.20. The summed E-state index contributed by atoms with van der Waals surface area (Å²) in [4.78, 5) is 11.9. The zero-order chi connectivity index (χ0) is 11.2. The molecule has 1 spiro atoms. The summed E-state index contributed by atoms with van der Waals surface area (Å²) >= 11 is 0. The van der Waals surface area contributed by atoms with Gasteiger partial charge in [0.25, 0.3) is 0 Å². The monoisotopic (exact) mass is 223 g/mol. The first-order valence-electron chi connectivity index (χ1n) is 6.58. The molecule has 0 bridgehead atoms. The molecule has 0 aromatic carbocycles. The summed E-state index contributed by atoms with van der Waals surface area (Å²) in [5, 5.41) is 12.4. The molecule has 3 aliphatic carbocycles. The molecule has 1 atom stereocenters. The van der Waals surface area contributed by atoms with Gasteiger partial charge < -0.3 is 10.4 Å². The number of aliphatic hydroxyl groups is 1. The van der Waals surface area contributed by atoms with Crippen LogP contribution in [0.5, 0.6) is 0 Å². The lowest BCUT2D eigenvalue weighted by atomic mass is 9.69. The Kier molecular flexibility index (Phi) is 2.29. The molecular weight excluding hydrogens is 202 g/mol. The lowest BCUT2D eigenvalue weighted by molar-refractivity contribution is -0.124. The van der Waals surface area contributed by atoms with Gasteiger partial charge in [0.1, 0.15) is 0 Å². The lowest BCUT2D eigenvalue weighted by Gasteiger charge is -2.40. The fraction of sp³-hybridized carbons (Fsp3) is 0.923. The molecule has 1 amide bonds. The first-order valence-corrected chi connectivity index (χ1v) is 6.58. The van der Waals surface area contributed by atoms with Gasteiger partial charge in [-0.2, -0.15) is 0 Å². The maximum Gasteiger partial charge on any atom is 0.223 e. The van der Waals surface area contributed by atoms with Gasteiger partial charge in [0.05, 0.1) is 6.61 Å². The van der Waals surface area contributed by atoms with Gasteiger partial charge in [0.2, 0.25) is 5.91 Å². The van der Waals surface area contributed by atoms with E-state index in [1.165, 1.54) is 25.7 Å². The van der Waals surface area contributed by atoms with Crippen molar-refractivity contribution in [2.75, 3.05) is 13.2 Å². The zero-order valence-electron chi connectivity index (χ0n) is 9.80. The number of carbonyl (C=O) groups excluding carboxylic acids is 1. The number of nitrogens with one attached hydrogen (secondary N) is 1. The third-order valence-electron chi connectivity index (χ3n) is 5.24. The number of carbonyl (C=O) groups is 1. The first-order chi connectivity index (χ1) is 7.70. The highest BCUT2D eigenvalue weighted by atomic mass is 16.3. The fourth-order valence-corrected chi connectivity index (χ4v) is 3.37. The van der Waals surface area contributed by atoms with Crippen LogP contribution in [0, 0.1) is 16.7 Å². The molecule has 3 heteroatoms. The van der Waals surface area contributed by atoms with Crippen LogP contribution < -0.4 is 5.32 Å². The zero-order valence-corrected chi connectivity index (χ0v) is 9.80. The third kappa shape index (κ3) is 1.48. The Labute approximate surface area is 96.6 Å². The Bertz CT molecular complexity index is 300. The molecule has 3 aliphatic rings. The highest BCUT2D eigenvalue weighted by molar-refractivity contribution is 5.82. The second kappa shape index (κ2) is 3.46. The van der Waals surface area contributed by atoms with Crippen molar-refractivity contribution in [2.24, 2.45) is 16.7 Å². The van der Waals surface area contributed by atoms with Crippen molar-refractivity contribution in [1.82, 2.24) is 5.32 Å². The summed E-state index contributed by atoms with van der Waals surface area (Å²) in [5.74, 6) is 0.552. The molecule has 3 rings (SSSR count). The van der Waals surface area contributed by atoms with E-state index in [-0.39, 0.29) is 17.9 Å². The average molecular weight is 223 g/mol. The molecule has 0 radical (unpaired) electrons. The largest absolute Gasteiger partial charge is 0.396 e. The van der Waals surface area contributed by atoms with Crippen LogP contribution in [-0.4, -0.2) is 24.2 Å². The van der Waals surface area contributed by atoms with E-state index in [2.05, 4.69) is 5.32 Å². The van der Waals surface area contributed by atoms with Gasteiger partial charge in [-0.05, 0) is 37.5 Å². The van der Waals surface area contributed by atoms with Gasteiger partial charge in [-0.15, -0.1) is 0 Å². The Morgan fingerprint density at radius 1 is 1.25 bits per heavy atom. The minimum Gasteiger partial charge on any atom is -0.396 e. The molecule has 0 aromatic heterocycles. The maximum absolute atomic E-state index is 11.9. The molecule has 90 valence electrons. The maximum atomic E-state index is 11.9. The normalized spacial score (nSPS) is 32.7. The predicted octanol–water partition coefficient (Wildman–Crippen LogP) is 1.46. The highest BCUT2D eigenvalue weighted by Gasteiger charge is 2.60. The van der Waals surface area contributed by atoms with Gasteiger partial charge >= 0.3 is 0 Å².